The van der Waals surface area contributed by atoms with Gasteiger partial charge >= 0.3 is 0 Å². The molecule has 2 aromatic carbocycles. The van der Waals surface area contributed by atoms with Gasteiger partial charge in [0.05, 0.1) is 6.20 Å². The maximum Gasteiger partial charge on any atom is 0.219 e. The molecule has 3 rings (SSSR count). The van der Waals surface area contributed by atoms with Crippen LogP contribution in [-0.4, -0.2) is 47.1 Å². The summed E-state index contributed by atoms with van der Waals surface area (Å²) in [6, 6.07) is 14.5. The van der Waals surface area contributed by atoms with Crippen LogP contribution in [0.3, 0.4) is 0 Å². The van der Waals surface area contributed by atoms with Crippen LogP contribution in [0.5, 0.6) is 17.4 Å². The molecule has 3 aromatic rings. The Labute approximate surface area is 163 Å². The molecule has 0 saturated heterocycles. The van der Waals surface area contributed by atoms with Crippen LogP contribution in [-0.2, 0) is 0 Å². The summed E-state index contributed by atoms with van der Waals surface area (Å²) in [4.78, 5) is 3.93. The fourth-order valence-electron chi connectivity index (χ4n) is 2.69. The van der Waals surface area contributed by atoms with Crippen LogP contribution >= 0.6 is 0 Å². The normalized spacial score (nSPS) is 13.2. The van der Waals surface area contributed by atoms with Crippen molar-refractivity contribution in [1.29, 1.82) is 0 Å². The molecule has 0 fully saturated rings. The highest BCUT2D eigenvalue weighted by atomic mass is 16.5. The number of hydrogen-bond acceptors (Lipinski definition) is 7. The molecule has 1 aromatic heterocycles. The van der Waals surface area contributed by atoms with Crippen molar-refractivity contribution in [1.82, 2.24) is 10.3 Å². The fraction of sp³-hybridized carbons (Fsp3) is 0.286. The number of aliphatic hydroxyl groups excluding tert-OH is 1. The van der Waals surface area contributed by atoms with Gasteiger partial charge in [0.25, 0.3) is 0 Å². The van der Waals surface area contributed by atoms with E-state index in [-0.39, 0.29) is 18.5 Å². The number of hydrogen-bond donors (Lipinski definition) is 4. The van der Waals surface area contributed by atoms with Crippen molar-refractivity contribution in [2.45, 2.75) is 19.1 Å². The lowest BCUT2D eigenvalue weighted by Gasteiger charge is -2.18. The third-order valence-corrected chi connectivity index (χ3v) is 4.25. The first-order chi connectivity index (χ1) is 13.5. The van der Waals surface area contributed by atoms with Gasteiger partial charge in [-0.25, -0.2) is 4.98 Å². The van der Waals surface area contributed by atoms with E-state index in [2.05, 4.69) is 10.3 Å². The molecule has 148 valence electrons. The summed E-state index contributed by atoms with van der Waals surface area (Å²) in [7, 11) is 0. The summed E-state index contributed by atoms with van der Waals surface area (Å²) in [6.45, 7) is 2.90. The van der Waals surface area contributed by atoms with Crippen molar-refractivity contribution in [2.75, 3.05) is 25.5 Å². The number of rotatable bonds is 9. The summed E-state index contributed by atoms with van der Waals surface area (Å²) in [5.74, 6) is 1.23. The van der Waals surface area contributed by atoms with Crippen molar-refractivity contribution < 1.29 is 19.7 Å². The Hall–Kier alpha value is -3.03. The molecule has 0 aliphatic rings. The van der Waals surface area contributed by atoms with Gasteiger partial charge in [0.1, 0.15) is 30.8 Å². The van der Waals surface area contributed by atoms with Crippen molar-refractivity contribution in [2.24, 2.45) is 0 Å². The minimum absolute atomic E-state index is 0.0416. The number of anilines is 1. The molecular formula is C21H25N3O4. The minimum atomic E-state index is -0.702. The van der Waals surface area contributed by atoms with Crippen molar-refractivity contribution in [3.05, 3.63) is 54.7 Å². The van der Waals surface area contributed by atoms with Crippen LogP contribution in [0.15, 0.2) is 54.7 Å². The van der Waals surface area contributed by atoms with Gasteiger partial charge < -0.3 is 30.7 Å². The van der Waals surface area contributed by atoms with Gasteiger partial charge in [0.15, 0.2) is 0 Å². The highest BCUT2D eigenvalue weighted by molar-refractivity contribution is 5.91. The average molecular weight is 383 g/mol. The molecule has 0 aliphatic heterocycles. The lowest BCUT2D eigenvalue weighted by atomic mass is 10.1. The topological polar surface area (TPSA) is 110 Å². The summed E-state index contributed by atoms with van der Waals surface area (Å²) < 4.78 is 11.4. The van der Waals surface area contributed by atoms with Crippen LogP contribution in [0, 0.1) is 0 Å². The van der Waals surface area contributed by atoms with E-state index in [1.165, 1.54) is 6.20 Å². The highest BCUT2D eigenvalue weighted by Gasteiger charge is 2.11. The van der Waals surface area contributed by atoms with Crippen molar-refractivity contribution >= 4 is 16.5 Å². The Morgan fingerprint density at radius 1 is 1.04 bits per heavy atom. The number of nitrogens with zero attached hydrogens (tertiary/aromatic N) is 1. The molecule has 0 radical (unpaired) electrons. The molecule has 0 amide bonds. The largest absolute Gasteiger partial charge is 0.493 e. The molecule has 0 aliphatic carbocycles. The van der Waals surface area contributed by atoms with E-state index in [0.717, 1.165) is 11.1 Å². The van der Waals surface area contributed by atoms with E-state index >= 15 is 0 Å². The monoisotopic (exact) mass is 383 g/mol. The smallest absolute Gasteiger partial charge is 0.219 e. The van der Waals surface area contributed by atoms with Gasteiger partial charge in [0.2, 0.25) is 5.88 Å². The predicted octanol–water partition coefficient (Wildman–Crippen LogP) is 2.32. The van der Waals surface area contributed by atoms with Crippen LogP contribution in [0.4, 0.5) is 5.69 Å². The predicted molar refractivity (Wildman–Crippen MR) is 109 cm³/mol. The molecule has 7 nitrogen and oxygen atoms in total. The van der Waals surface area contributed by atoms with Crippen molar-refractivity contribution in [3.63, 3.8) is 0 Å². The molecule has 0 spiro atoms. The second kappa shape index (κ2) is 9.25. The van der Waals surface area contributed by atoms with Crippen LogP contribution < -0.4 is 20.5 Å². The molecule has 0 bridgehead atoms. The number of fused-ring (bicyclic) bond motifs is 1. The third-order valence-electron chi connectivity index (χ3n) is 4.25. The number of benzene rings is 2. The number of nitrogens with two attached hydrogens (primary N) is 1. The molecule has 5 N–H and O–H groups in total. The lowest BCUT2D eigenvalue weighted by Crippen LogP contribution is -2.39. The van der Waals surface area contributed by atoms with Crippen molar-refractivity contribution in [3.8, 4) is 17.4 Å². The summed E-state index contributed by atoms with van der Waals surface area (Å²) in [5.41, 5.74) is 6.34. The lowest BCUT2D eigenvalue weighted by molar-refractivity contribution is 0.102. The summed E-state index contributed by atoms with van der Waals surface area (Å²) >= 11 is 0. The Bertz CT molecular complexity index is 902. The first-order valence-corrected chi connectivity index (χ1v) is 9.12. The fourth-order valence-corrected chi connectivity index (χ4v) is 2.69. The molecule has 1 heterocycles. The molecule has 7 heteroatoms. The standard InChI is InChI=1S/C21H25N3O4/c1-14(12-27-17-8-6-15(22)7-9-17)23-10-16(25)13-28-20-11-24-21(26)19-5-3-2-4-18(19)20/h2-9,11,14,16,23,25H,10,12-13,22H2,1H3,(H,24,26). The van der Waals surface area contributed by atoms with E-state index in [4.69, 9.17) is 15.2 Å². The first-order valence-electron chi connectivity index (χ1n) is 9.12. The van der Waals surface area contributed by atoms with Gasteiger partial charge in [-0.15, -0.1) is 0 Å². The average Bonchev–Trinajstić information content (AvgIpc) is 2.71. The number of pyridine rings is 1. The number of aliphatic hydroxyl groups is 1. The first kappa shape index (κ1) is 19.7. The maximum absolute atomic E-state index is 10.2. The third kappa shape index (κ3) is 5.25. The molecule has 28 heavy (non-hydrogen) atoms. The molecule has 2 atom stereocenters. The van der Waals surface area contributed by atoms with Gasteiger partial charge in [-0.3, -0.25) is 0 Å². The van der Waals surface area contributed by atoms with E-state index in [1.54, 1.807) is 18.2 Å². The van der Waals surface area contributed by atoms with Crippen LogP contribution in [0.25, 0.3) is 10.8 Å². The number of ether oxygens (including phenoxy) is 2. The number of nitrogens with one attached hydrogen (secondary N) is 1. The zero-order chi connectivity index (χ0) is 19.9. The molecule has 2 unspecified atom stereocenters. The van der Waals surface area contributed by atoms with E-state index in [0.29, 0.717) is 30.0 Å². The Balaban J connectivity index is 1.44. The number of nitrogen functional groups attached to an aromatic ring is 1. The Morgan fingerprint density at radius 2 is 1.75 bits per heavy atom. The zero-order valence-electron chi connectivity index (χ0n) is 15.7. The summed E-state index contributed by atoms with van der Waals surface area (Å²) in [6.07, 6.45) is 0.757. The molecular weight excluding hydrogens is 358 g/mol. The van der Waals surface area contributed by atoms with E-state index < -0.39 is 6.10 Å². The SMILES string of the molecule is CC(COc1ccc(N)cc1)NCC(O)COc1cnc(O)c2ccccc12. The van der Waals surface area contributed by atoms with Gasteiger partial charge in [0, 0.05) is 29.0 Å². The minimum Gasteiger partial charge on any atom is -0.493 e. The van der Waals surface area contributed by atoms with Gasteiger partial charge in [-0.1, -0.05) is 18.2 Å². The van der Waals surface area contributed by atoms with Crippen LogP contribution in [0.1, 0.15) is 6.92 Å². The summed E-state index contributed by atoms with van der Waals surface area (Å²) in [5, 5.41) is 24.6. The second-order valence-electron chi connectivity index (χ2n) is 6.65. The van der Waals surface area contributed by atoms with Gasteiger partial charge in [-0.2, -0.15) is 0 Å². The number of aromatic hydroxyl groups is 1. The highest BCUT2D eigenvalue weighted by Crippen LogP contribution is 2.29. The second-order valence-corrected chi connectivity index (χ2v) is 6.65. The Kier molecular flexibility index (Phi) is 6.52. The quantitative estimate of drug-likeness (QED) is 0.420. The van der Waals surface area contributed by atoms with Crippen LogP contribution in [0.2, 0.25) is 0 Å². The zero-order valence-corrected chi connectivity index (χ0v) is 15.7. The maximum atomic E-state index is 10.2. The van der Waals surface area contributed by atoms with E-state index in [1.807, 2.05) is 37.3 Å². The van der Waals surface area contributed by atoms with Gasteiger partial charge in [-0.05, 0) is 37.3 Å². The Morgan fingerprint density at radius 3 is 2.50 bits per heavy atom. The molecule has 0 saturated carbocycles. The number of aromatic nitrogens is 1. The van der Waals surface area contributed by atoms with E-state index in [9.17, 15) is 10.2 Å².